The lowest BCUT2D eigenvalue weighted by Gasteiger charge is -2.18. The van der Waals surface area contributed by atoms with Crippen molar-refractivity contribution >= 4 is 11.6 Å². The maximum Gasteiger partial charge on any atom is 0.253 e. The van der Waals surface area contributed by atoms with Crippen LogP contribution in [0.3, 0.4) is 0 Å². The first-order valence-electron chi connectivity index (χ1n) is 7.17. The van der Waals surface area contributed by atoms with Crippen LogP contribution in [0, 0.1) is 6.92 Å². The maximum atomic E-state index is 12.0. The molecule has 4 heteroatoms. The Labute approximate surface area is 121 Å². The molecule has 20 heavy (non-hydrogen) atoms. The normalized spacial score (nSPS) is 22.9. The molecule has 0 bridgehead atoms. The highest BCUT2D eigenvalue weighted by Gasteiger charge is 2.26. The summed E-state index contributed by atoms with van der Waals surface area (Å²) in [6, 6.07) is 6.95. The first kappa shape index (κ1) is 14.9. The molecule has 1 heterocycles. The minimum absolute atomic E-state index is 0.0463. The molecule has 2 rings (SSSR count). The van der Waals surface area contributed by atoms with E-state index in [2.05, 4.69) is 31.1 Å². The van der Waals surface area contributed by atoms with Crippen LogP contribution in [0.1, 0.15) is 29.3 Å². The second kappa shape index (κ2) is 5.83. The van der Waals surface area contributed by atoms with Gasteiger partial charge in [-0.05, 0) is 45.0 Å². The topological polar surface area (TPSA) is 35.6 Å². The van der Waals surface area contributed by atoms with E-state index in [-0.39, 0.29) is 5.91 Å². The minimum atomic E-state index is 0.0463. The predicted octanol–water partition coefficient (Wildman–Crippen LogP) is 2.20. The van der Waals surface area contributed by atoms with Crippen LogP contribution in [0.4, 0.5) is 5.69 Å². The largest absolute Gasteiger partial charge is 0.381 e. The second-order valence-electron chi connectivity index (χ2n) is 6.09. The second-order valence-corrected chi connectivity index (χ2v) is 6.09. The van der Waals surface area contributed by atoms with E-state index in [1.165, 1.54) is 5.56 Å². The Morgan fingerprint density at radius 3 is 2.65 bits per heavy atom. The summed E-state index contributed by atoms with van der Waals surface area (Å²) in [6.45, 7) is 5.38. The third kappa shape index (κ3) is 3.12. The molecule has 1 amide bonds. The van der Waals surface area contributed by atoms with Crippen LogP contribution in [-0.4, -0.2) is 55.5 Å². The highest BCUT2D eigenvalue weighted by molar-refractivity contribution is 5.95. The molecule has 2 atom stereocenters. The minimum Gasteiger partial charge on any atom is -0.381 e. The van der Waals surface area contributed by atoms with Crippen LogP contribution in [0.15, 0.2) is 18.2 Å². The molecule has 0 aliphatic carbocycles. The summed E-state index contributed by atoms with van der Waals surface area (Å²) in [4.78, 5) is 16.0. The molecule has 1 aliphatic rings. The number of likely N-dealkylation sites (N-methyl/N-ethyl adjacent to an activating group) is 1. The number of nitrogens with zero attached hydrogens (tertiary/aromatic N) is 2. The number of likely N-dealkylation sites (tertiary alicyclic amines) is 1. The van der Waals surface area contributed by atoms with E-state index >= 15 is 0 Å². The number of carbonyl (C=O) groups is 1. The average molecular weight is 275 g/mol. The van der Waals surface area contributed by atoms with E-state index in [1.54, 1.807) is 19.0 Å². The Hall–Kier alpha value is -1.55. The lowest BCUT2D eigenvalue weighted by atomic mass is 10.1. The zero-order valence-corrected chi connectivity index (χ0v) is 13.1. The van der Waals surface area contributed by atoms with E-state index in [0.717, 1.165) is 24.2 Å². The molecule has 4 nitrogen and oxygen atoms in total. The number of anilines is 1. The third-order valence-corrected chi connectivity index (χ3v) is 4.14. The molecular formula is C16H25N3O. The summed E-state index contributed by atoms with van der Waals surface area (Å²) >= 11 is 0. The Morgan fingerprint density at radius 2 is 2.10 bits per heavy atom. The van der Waals surface area contributed by atoms with E-state index < -0.39 is 0 Å². The van der Waals surface area contributed by atoms with Crippen molar-refractivity contribution in [3.05, 3.63) is 29.3 Å². The number of benzene rings is 1. The van der Waals surface area contributed by atoms with Gasteiger partial charge in [0.2, 0.25) is 0 Å². The van der Waals surface area contributed by atoms with Crippen LogP contribution < -0.4 is 5.32 Å². The van der Waals surface area contributed by atoms with Crippen LogP contribution in [0.25, 0.3) is 0 Å². The van der Waals surface area contributed by atoms with Gasteiger partial charge in [0.1, 0.15) is 0 Å². The number of rotatable bonds is 3. The highest BCUT2D eigenvalue weighted by Crippen LogP contribution is 2.23. The Bertz CT molecular complexity index is 488. The molecule has 2 unspecified atom stereocenters. The van der Waals surface area contributed by atoms with Crippen molar-refractivity contribution in [3.63, 3.8) is 0 Å². The van der Waals surface area contributed by atoms with Crippen molar-refractivity contribution in [2.75, 3.05) is 33.0 Å². The van der Waals surface area contributed by atoms with Gasteiger partial charge in [-0.25, -0.2) is 0 Å². The summed E-state index contributed by atoms with van der Waals surface area (Å²) in [6.07, 6.45) is 1.14. The van der Waals surface area contributed by atoms with Crippen molar-refractivity contribution in [1.82, 2.24) is 9.80 Å². The van der Waals surface area contributed by atoms with Gasteiger partial charge < -0.3 is 15.1 Å². The summed E-state index contributed by atoms with van der Waals surface area (Å²) in [5, 5.41) is 3.59. The average Bonchev–Trinajstić information content (AvgIpc) is 2.70. The molecule has 1 aromatic rings. The fraction of sp³-hybridized carbons (Fsp3) is 0.562. The quantitative estimate of drug-likeness (QED) is 0.918. The molecular weight excluding hydrogens is 250 g/mol. The monoisotopic (exact) mass is 275 g/mol. The molecule has 1 aromatic carbocycles. The zero-order chi connectivity index (χ0) is 14.9. The van der Waals surface area contributed by atoms with Gasteiger partial charge in [-0.15, -0.1) is 0 Å². The van der Waals surface area contributed by atoms with Crippen LogP contribution in [0.2, 0.25) is 0 Å². The number of carbonyl (C=O) groups excluding carboxylic acids is 1. The standard InChI is InChI=1S/C16H25N3O/c1-11-6-7-13(16(20)18(3)4)9-15(11)17-14-8-12(2)19(5)10-14/h6-7,9,12,14,17H,8,10H2,1-5H3. The van der Waals surface area contributed by atoms with Crippen LogP contribution in [-0.2, 0) is 0 Å². The number of hydrogen-bond donors (Lipinski definition) is 1. The fourth-order valence-electron chi connectivity index (χ4n) is 2.69. The summed E-state index contributed by atoms with van der Waals surface area (Å²) in [7, 11) is 5.72. The van der Waals surface area contributed by atoms with Crippen molar-refractivity contribution < 1.29 is 4.79 Å². The molecule has 1 N–H and O–H groups in total. The van der Waals surface area contributed by atoms with Crippen LogP contribution >= 0.6 is 0 Å². The number of amides is 1. The fourth-order valence-corrected chi connectivity index (χ4v) is 2.69. The molecule has 0 radical (unpaired) electrons. The third-order valence-electron chi connectivity index (χ3n) is 4.14. The lowest BCUT2D eigenvalue weighted by Crippen LogP contribution is -2.25. The van der Waals surface area contributed by atoms with Gasteiger partial charge in [0.15, 0.2) is 0 Å². The zero-order valence-electron chi connectivity index (χ0n) is 13.1. The van der Waals surface area contributed by atoms with E-state index in [9.17, 15) is 4.79 Å². The van der Waals surface area contributed by atoms with Crippen molar-refractivity contribution in [1.29, 1.82) is 0 Å². The van der Waals surface area contributed by atoms with Crippen molar-refractivity contribution in [3.8, 4) is 0 Å². The Kier molecular flexibility index (Phi) is 4.33. The predicted molar refractivity (Wildman–Crippen MR) is 83.3 cm³/mol. The van der Waals surface area contributed by atoms with Crippen molar-refractivity contribution in [2.24, 2.45) is 0 Å². The van der Waals surface area contributed by atoms with Gasteiger partial charge in [0.05, 0.1) is 0 Å². The van der Waals surface area contributed by atoms with Gasteiger partial charge in [0, 0.05) is 44.0 Å². The maximum absolute atomic E-state index is 12.0. The van der Waals surface area contributed by atoms with Gasteiger partial charge >= 0.3 is 0 Å². The Morgan fingerprint density at radius 1 is 1.40 bits per heavy atom. The van der Waals surface area contributed by atoms with Gasteiger partial charge in [0.25, 0.3) is 5.91 Å². The highest BCUT2D eigenvalue weighted by atomic mass is 16.2. The Balaban J connectivity index is 2.15. The molecule has 0 saturated carbocycles. The number of hydrogen-bond acceptors (Lipinski definition) is 3. The SMILES string of the molecule is Cc1ccc(C(=O)N(C)C)cc1NC1CC(C)N(C)C1. The van der Waals surface area contributed by atoms with E-state index in [0.29, 0.717) is 12.1 Å². The van der Waals surface area contributed by atoms with Gasteiger partial charge in [-0.3, -0.25) is 4.79 Å². The molecule has 0 aromatic heterocycles. The van der Waals surface area contributed by atoms with Crippen LogP contribution in [0.5, 0.6) is 0 Å². The molecule has 0 spiro atoms. The van der Waals surface area contributed by atoms with Gasteiger partial charge in [-0.1, -0.05) is 6.07 Å². The van der Waals surface area contributed by atoms with Gasteiger partial charge in [-0.2, -0.15) is 0 Å². The molecule has 1 saturated heterocycles. The first-order chi connectivity index (χ1) is 9.38. The molecule has 1 aliphatic heterocycles. The summed E-state index contributed by atoms with van der Waals surface area (Å²) in [5.41, 5.74) is 3.00. The molecule has 1 fully saturated rings. The number of aryl methyl sites for hydroxylation is 1. The van der Waals surface area contributed by atoms with Crippen molar-refractivity contribution in [2.45, 2.75) is 32.4 Å². The summed E-state index contributed by atoms with van der Waals surface area (Å²) < 4.78 is 0. The van der Waals surface area contributed by atoms with E-state index in [1.807, 2.05) is 18.2 Å². The van der Waals surface area contributed by atoms with E-state index in [4.69, 9.17) is 0 Å². The number of nitrogens with one attached hydrogen (secondary N) is 1. The smallest absolute Gasteiger partial charge is 0.253 e. The summed E-state index contributed by atoms with van der Waals surface area (Å²) in [5.74, 6) is 0.0463. The molecule has 110 valence electrons. The first-order valence-corrected chi connectivity index (χ1v) is 7.17. The lowest BCUT2D eigenvalue weighted by molar-refractivity contribution is 0.0827.